The standard InChI is InChI=1S/C13H18BrFN2/c1-2-3-4-7-17-13(9-16)11-8-10(15)5-6-12(11)14/h2-3,5-6,8,13,17H,4,7,9,16H2,1H3/b3-2+. The third-order valence-corrected chi connectivity index (χ3v) is 3.23. The van der Waals surface area contributed by atoms with Crippen molar-refractivity contribution in [3.05, 3.63) is 46.2 Å². The lowest BCUT2D eigenvalue weighted by molar-refractivity contribution is 0.540. The van der Waals surface area contributed by atoms with Gasteiger partial charge in [0.05, 0.1) is 0 Å². The van der Waals surface area contributed by atoms with Crippen molar-refractivity contribution < 1.29 is 4.39 Å². The highest BCUT2D eigenvalue weighted by atomic mass is 79.9. The summed E-state index contributed by atoms with van der Waals surface area (Å²) in [5.41, 5.74) is 6.58. The van der Waals surface area contributed by atoms with Gasteiger partial charge in [-0.25, -0.2) is 4.39 Å². The fraction of sp³-hybridized carbons (Fsp3) is 0.385. The van der Waals surface area contributed by atoms with Crippen LogP contribution >= 0.6 is 15.9 Å². The van der Waals surface area contributed by atoms with Crippen LogP contribution in [-0.2, 0) is 0 Å². The van der Waals surface area contributed by atoms with Crippen LogP contribution in [0.4, 0.5) is 4.39 Å². The minimum atomic E-state index is -0.239. The highest BCUT2D eigenvalue weighted by molar-refractivity contribution is 9.10. The molecule has 0 radical (unpaired) electrons. The Morgan fingerprint density at radius 2 is 2.29 bits per heavy atom. The summed E-state index contributed by atoms with van der Waals surface area (Å²) in [4.78, 5) is 0. The zero-order chi connectivity index (χ0) is 12.7. The minimum absolute atomic E-state index is 0.0228. The third-order valence-electron chi connectivity index (χ3n) is 2.51. The van der Waals surface area contributed by atoms with Gasteiger partial charge in [0.1, 0.15) is 5.82 Å². The molecule has 0 aromatic heterocycles. The van der Waals surface area contributed by atoms with Gasteiger partial charge in [-0.3, -0.25) is 0 Å². The molecule has 0 fully saturated rings. The Bertz CT molecular complexity index is 380. The lowest BCUT2D eigenvalue weighted by Crippen LogP contribution is -2.29. The van der Waals surface area contributed by atoms with Gasteiger partial charge >= 0.3 is 0 Å². The van der Waals surface area contributed by atoms with Crippen LogP contribution in [0.15, 0.2) is 34.8 Å². The second kappa shape index (κ2) is 7.58. The molecule has 1 unspecified atom stereocenters. The average molecular weight is 301 g/mol. The van der Waals surface area contributed by atoms with Crippen LogP contribution in [0.25, 0.3) is 0 Å². The highest BCUT2D eigenvalue weighted by Crippen LogP contribution is 2.23. The SMILES string of the molecule is C/C=C/CCNC(CN)c1cc(F)ccc1Br. The van der Waals surface area contributed by atoms with Crippen molar-refractivity contribution in [3.8, 4) is 0 Å². The Balaban J connectivity index is 2.68. The van der Waals surface area contributed by atoms with E-state index < -0.39 is 0 Å². The fourth-order valence-corrected chi connectivity index (χ4v) is 2.13. The summed E-state index contributed by atoms with van der Waals surface area (Å²) < 4.78 is 14.1. The molecular formula is C13H18BrFN2. The maximum atomic E-state index is 13.2. The number of hydrogen-bond acceptors (Lipinski definition) is 2. The smallest absolute Gasteiger partial charge is 0.123 e. The van der Waals surface area contributed by atoms with Gasteiger partial charge in [-0.05, 0) is 43.7 Å². The number of hydrogen-bond donors (Lipinski definition) is 2. The van der Waals surface area contributed by atoms with E-state index in [4.69, 9.17) is 5.73 Å². The molecule has 1 aromatic carbocycles. The first-order chi connectivity index (χ1) is 8.19. The van der Waals surface area contributed by atoms with Crippen LogP contribution < -0.4 is 11.1 Å². The molecule has 1 rings (SSSR count). The largest absolute Gasteiger partial charge is 0.329 e. The summed E-state index contributed by atoms with van der Waals surface area (Å²) in [7, 11) is 0. The zero-order valence-electron chi connectivity index (χ0n) is 9.92. The Labute approximate surface area is 110 Å². The topological polar surface area (TPSA) is 38.0 Å². The summed E-state index contributed by atoms with van der Waals surface area (Å²) in [5.74, 6) is -0.239. The highest BCUT2D eigenvalue weighted by Gasteiger charge is 2.12. The molecule has 94 valence electrons. The summed E-state index contributed by atoms with van der Waals surface area (Å²) >= 11 is 3.42. The molecule has 0 heterocycles. The molecule has 4 heteroatoms. The number of benzene rings is 1. The van der Waals surface area contributed by atoms with Gasteiger partial charge in [-0.15, -0.1) is 0 Å². The first-order valence-electron chi connectivity index (χ1n) is 5.68. The normalized spacial score (nSPS) is 13.2. The molecule has 0 saturated carbocycles. The van der Waals surface area contributed by atoms with Gasteiger partial charge in [-0.1, -0.05) is 28.1 Å². The van der Waals surface area contributed by atoms with Crippen LogP contribution in [0.2, 0.25) is 0 Å². The van der Waals surface area contributed by atoms with Crippen molar-refractivity contribution in [2.75, 3.05) is 13.1 Å². The van der Waals surface area contributed by atoms with E-state index in [9.17, 15) is 4.39 Å². The summed E-state index contributed by atoms with van der Waals surface area (Å²) in [6.45, 7) is 3.26. The third kappa shape index (κ3) is 4.58. The molecule has 0 saturated heterocycles. The number of allylic oxidation sites excluding steroid dienone is 1. The first kappa shape index (κ1) is 14.4. The van der Waals surface area contributed by atoms with E-state index in [-0.39, 0.29) is 11.9 Å². The fourth-order valence-electron chi connectivity index (χ4n) is 1.61. The van der Waals surface area contributed by atoms with Crippen LogP contribution in [0.1, 0.15) is 24.9 Å². The predicted molar refractivity (Wildman–Crippen MR) is 73.3 cm³/mol. The second-order valence-electron chi connectivity index (χ2n) is 3.77. The minimum Gasteiger partial charge on any atom is -0.329 e. The average Bonchev–Trinajstić information content (AvgIpc) is 2.33. The van der Waals surface area contributed by atoms with E-state index >= 15 is 0 Å². The van der Waals surface area contributed by atoms with Gasteiger partial charge in [0, 0.05) is 17.1 Å². The molecule has 0 amide bonds. The summed E-state index contributed by atoms with van der Waals surface area (Å²) in [6, 6.07) is 4.64. The van der Waals surface area contributed by atoms with E-state index in [0.717, 1.165) is 23.0 Å². The van der Waals surface area contributed by atoms with Crippen molar-refractivity contribution in [1.29, 1.82) is 0 Å². The Kier molecular flexibility index (Phi) is 6.40. The second-order valence-corrected chi connectivity index (χ2v) is 4.62. The predicted octanol–water partition coefficient (Wildman–Crippen LogP) is 3.14. The molecule has 0 aliphatic rings. The van der Waals surface area contributed by atoms with Crippen molar-refractivity contribution in [2.24, 2.45) is 5.73 Å². The van der Waals surface area contributed by atoms with E-state index in [1.165, 1.54) is 12.1 Å². The van der Waals surface area contributed by atoms with Gasteiger partial charge < -0.3 is 11.1 Å². The van der Waals surface area contributed by atoms with Crippen molar-refractivity contribution in [2.45, 2.75) is 19.4 Å². The van der Waals surface area contributed by atoms with E-state index in [0.29, 0.717) is 6.54 Å². The summed E-state index contributed by atoms with van der Waals surface area (Å²) in [5, 5.41) is 3.32. The quantitative estimate of drug-likeness (QED) is 0.626. The molecule has 0 bridgehead atoms. The number of nitrogens with one attached hydrogen (secondary N) is 1. The molecular weight excluding hydrogens is 283 g/mol. The van der Waals surface area contributed by atoms with Gasteiger partial charge in [0.2, 0.25) is 0 Å². The van der Waals surface area contributed by atoms with Crippen LogP contribution in [-0.4, -0.2) is 13.1 Å². The monoisotopic (exact) mass is 300 g/mol. The van der Waals surface area contributed by atoms with Crippen molar-refractivity contribution >= 4 is 15.9 Å². The van der Waals surface area contributed by atoms with Gasteiger partial charge in [-0.2, -0.15) is 0 Å². The molecule has 1 atom stereocenters. The van der Waals surface area contributed by atoms with E-state index in [1.54, 1.807) is 6.07 Å². The molecule has 0 aliphatic carbocycles. The number of rotatable bonds is 6. The maximum absolute atomic E-state index is 13.2. The lowest BCUT2D eigenvalue weighted by atomic mass is 10.1. The Hall–Kier alpha value is -0.710. The van der Waals surface area contributed by atoms with Crippen LogP contribution in [0.3, 0.4) is 0 Å². The molecule has 0 spiro atoms. The lowest BCUT2D eigenvalue weighted by Gasteiger charge is -2.18. The number of nitrogens with two attached hydrogens (primary N) is 1. The zero-order valence-corrected chi connectivity index (χ0v) is 11.5. The van der Waals surface area contributed by atoms with E-state index in [1.807, 2.05) is 13.0 Å². The van der Waals surface area contributed by atoms with Gasteiger partial charge in [0.25, 0.3) is 0 Å². The van der Waals surface area contributed by atoms with Gasteiger partial charge in [0.15, 0.2) is 0 Å². The van der Waals surface area contributed by atoms with Crippen molar-refractivity contribution in [3.63, 3.8) is 0 Å². The van der Waals surface area contributed by atoms with Crippen molar-refractivity contribution in [1.82, 2.24) is 5.32 Å². The molecule has 3 N–H and O–H groups in total. The van der Waals surface area contributed by atoms with Crippen LogP contribution in [0, 0.1) is 5.82 Å². The Morgan fingerprint density at radius 3 is 2.94 bits per heavy atom. The van der Waals surface area contributed by atoms with Crippen LogP contribution in [0.5, 0.6) is 0 Å². The maximum Gasteiger partial charge on any atom is 0.123 e. The first-order valence-corrected chi connectivity index (χ1v) is 6.48. The molecule has 0 aliphatic heterocycles. The Morgan fingerprint density at radius 1 is 1.53 bits per heavy atom. The molecule has 1 aromatic rings. The number of halogens is 2. The van der Waals surface area contributed by atoms with E-state index in [2.05, 4.69) is 27.3 Å². The molecule has 17 heavy (non-hydrogen) atoms. The summed E-state index contributed by atoms with van der Waals surface area (Å²) in [6.07, 6.45) is 5.04. The molecule has 2 nitrogen and oxygen atoms in total.